The van der Waals surface area contributed by atoms with Gasteiger partial charge in [-0.2, -0.15) is 0 Å². The summed E-state index contributed by atoms with van der Waals surface area (Å²) in [6.07, 6.45) is 4.07. The number of hydrogen-bond donors (Lipinski definition) is 3. The molecule has 0 spiro atoms. The predicted octanol–water partition coefficient (Wildman–Crippen LogP) is 1.00. The highest BCUT2D eigenvalue weighted by molar-refractivity contribution is 14.0. The molecule has 0 heterocycles. The second-order valence-corrected chi connectivity index (χ2v) is 7.20. The molecule has 1 atom stereocenters. The molecule has 0 saturated carbocycles. The Morgan fingerprint density at radius 3 is 2.38 bits per heavy atom. The van der Waals surface area contributed by atoms with Crippen LogP contribution in [0.1, 0.15) is 33.1 Å². The minimum absolute atomic E-state index is 0. The lowest BCUT2D eigenvalue weighted by Crippen LogP contribution is -2.39. The molecule has 0 aliphatic rings. The number of nitrogens with zero attached hydrogens (tertiary/aromatic N) is 1. The lowest BCUT2D eigenvalue weighted by atomic mass is 10.0. The Morgan fingerprint density at radius 2 is 1.90 bits per heavy atom. The minimum Gasteiger partial charge on any atom is -0.396 e. The van der Waals surface area contributed by atoms with Gasteiger partial charge < -0.3 is 15.7 Å². The van der Waals surface area contributed by atoms with Gasteiger partial charge in [0.15, 0.2) is 5.96 Å². The second kappa shape index (κ2) is 13.6. The van der Waals surface area contributed by atoms with Gasteiger partial charge in [-0.1, -0.05) is 13.3 Å². The van der Waals surface area contributed by atoms with Crippen LogP contribution in [-0.4, -0.2) is 57.7 Å². The molecule has 0 radical (unpaired) electrons. The maximum Gasteiger partial charge on any atom is 0.191 e. The molecule has 0 aromatic rings. The molecule has 0 bridgehead atoms. The highest BCUT2D eigenvalue weighted by Gasteiger charge is 2.08. The van der Waals surface area contributed by atoms with Crippen LogP contribution in [0.5, 0.6) is 0 Å². The molecule has 3 N–H and O–H groups in total. The number of guanidine groups is 1. The monoisotopic (exact) mass is 435 g/mol. The minimum atomic E-state index is -2.96. The van der Waals surface area contributed by atoms with Crippen molar-refractivity contribution in [2.24, 2.45) is 10.9 Å². The maximum absolute atomic E-state index is 11.1. The first-order chi connectivity index (χ1) is 9.42. The standard InChI is InChI=1S/C13H29N3O3S.HI/c1-4-6-12(7-9-17)11-16-13(14-5-2)15-8-10-20(3,18)19;/h12,17H,4-11H2,1-3H3,(H2,14,15,16);1H. The third kappa shape index (κ3) is 14.6. The van der Waals surface area contributed by atoms with Gasteiger partial charge in [0, 0.05) is 32.5 Å². The average Bonchev–Trinajstić information content (AvgIpc) is 2.34. The first kappa shape index (κ1) is 23.2. The van der Waals surface area contributed by atoms with E-state index in [0.717, 1.165) is 25.8 Å². The molecule has 0 aliphatic heterocycles. The van der Waals surface area contributed by atoms with Gasteiger partial charge in [0.25, 0.3) is 0 Å². The predicted molar refractivity (Wildman–Crippen MR) is 99.2 cm³/mol. The fourth-order valence-corrected chi connectivity index (χ4v) is 2.31. The first-order valence-corrected chi connectivity index (χ1v) is 9.29. The number of sulfone groups is 1. The summed E-state index contributed by atoms with van der Waals surface area (Å²) in [7, 11) is -2.96. The molecule has 0 saturated heterocycles. The number of nitrogens with one attached hydrogen (secondary N) is 2. The van der Waals surface area contributed by atoms with Crippen molar-refractivity contribution in [3.05, 3.63) is 0 Å². The van der Waals surface area contributed by atoms with Crippen molar-refractivity contribution in [1.82, 2.24) is 10.6 Å². The number of hydrogen-bond acceptors (Lipinski definition) is 4. The van der Waals surface area contributed by atoms with E-state index < -0.39 is 9.84 Å². The molecular formula is C13H30IN3O3S. The van der Waals surface area contributed by atoms with Crippen LogP contribution in [0.15, 0.2) is 4.99 Å². The van der Waals surface area contributed by atoms with Crippen LogP contribution < -0.4 is 10.6 Å². The van der Waals surface area contributed by atoms with Gasteiger partial charge in [0.2, 0.25) is 0 Å². The first-order valence-electron chi connectivity index (χ1n) is 7.23. The summed E-state index contributed by atoms with van der Waals surface area (Å²) in [5.41, 5.74) is 0. The van der Waals surface area contributed by atoms with Crippen LogP contribution in [0.3, 0.4) is 0 Å². The molecular weight excluding hydrogens is 405 g/mol. The number of aliphatic hydroxyl groups excluding tert-OH is 1. The van der Waals surface area contributed by atoms with E-state index in [2.05, 4.69) is 22.5 Å². The summed E-state index contributed by atoms with van der Waals surface area (Å²) in [4.78, 5) is 4.46. The molecule has 21 heavy (non-hydrogen) atoms. The van der Waals surface area contributed by atoms with Gasteiger partial charge in [0.05, 0.1) is 5.75 Å². The van der Waals surface area contributed by atoms with E-state index in [-0.39, 0.29) is 36.3 Å². The Morgan fingerprint density at radius 1 is 1.24 bits per heavy atom. The van der Waals surface area contributed by atoms with Crippen molar-refractivity contribution in [1.29, 1.82) is 0 Å². The molecule has 8 heteroatoms. The summed E-state index contributed by atoms with van der Waals surface area (Å²) in [5.74, 6) is 1.09. The van der Waals surface area contributed by atoms with Crippen molar-refractivity contribution in [2.45, 2.75) is 33.1 Å². The van der Waals surface area contributed by atoms with Crippen LogP contribution in [-0.2, 0) is 9.84 Å². The zero-order valence-electron chi connectivity index (χ0n) is 13.3. The van der Waals surface area contributed by atoms with Crippen LogP contribution in [0.25, 0.3) is 0 Å². The molecule has 1 unspecified atom stereocenters. The lowest BCUT2D eigenvalue weighted by molar-refractivity contribution is 0.253. The normalized spacial score (nSPS) is 13.4. The molecule has 0 aromatic carbocycles. The number of aliphatic hydroxyl groups is 1. The quantitative estimate of drug-likeness (QED) is 0.271. The molecule has 128 valence electrons. The molecule has 0 aromatic heterocycles. The Labute approximate surface area is 146 Å². The van der Waals surface area contributed by atoms with Gasteiger partial charge in [-0.15, -0.1) is 24.0 Å². The van der Waals surface area contributed by atoms with Crippen molar-refractivity contribution < 1.29 is 13.5 Å². The lowest BCUT2D eigenvalue weighted by Gasteiger charge is -2.15. The summed E-state index contributed by atoms with van der Waals surface area (Å²) < 4.78 is 22.2. The molecule has 6 nitrogen and oxygen atoms in total. The van der Waals surface area contributed by atoms with Gasteiger partial charge in [0.1, 0.15) is 9.84 Å². The summed E-state index contributed by atoms with van der Waals surface area (Å²) >= 11 is 0. The van der Waals surface area contributed by atoms with Crippen LogP contribution in [0.2, 0.25) is 0 Å². The smallest absolute Gasteiger partial charge is 0.191 e. The molecule has 0 aliphatic carbocycles. The fourth-order valence-electron chi connectivity index (χ4n) is 1.83. The van der Waals surface area contributed by atoms with Crippen LogP contribution in [0, 0.1) is 5.92 Å². The van der Waals surface area contributed by atoms with Crippen LogP contribution in [0.4, 0.5) is 0 Å². The third-order valence-corrected chi connectivity index (χ3v) is 3.80. The topological polar surface area (TPSA) is 90.8 Å². The average molecular weight is 435 g/mol. The SMILES string of the molecule is CCCC(CCO)CN=C(NCC)NCCS(C)(=O)=O.I. The van der Waals surface area contributed by atoms with E-state index in [1.807, 2.05) is 6.92 Å². The number of halogens is 1. The van der Waals surface area contributed by atoms with Crippen molar-refractivity contribution >= 4 is 39.8 Å². The molecule has 0 rings (SSSR count). The Bertz CT molecular complexity index is 369. The van der Waals surface area contributed by atoms with E-state index in [1.165, 1.54) is 6.26 Å². The van der Waals surface area contributed by atoms with Crippen molar-refractivity contribution in [2.75, 3.05) is 38.2 Å². The Hall–Kier alpha value is -0.0900. The van der Waals surface area contributed by atoms with Gasteiger partial charge in [-0.25, -0.2) is 8.42 Å². The number of rotatable bonds is 10. The van der Waals surface area contributed by atoms with E-state index in [1.54, 1.807) is 0 Å². The van der Waals surface area contributed by atoms with E-state index in [9.17, 15) is 8.42 Å². The highest BCUT2D eigenvalue weighted by atomic mass is 127. The summed E-state index contributed by atoms with van der Waals surface area (Å²) in [6.45, 7) is 5.97. The third-order valence-electron chi connectivity index (χ3n) is 2.85. The second-order valence-electron chi connectivity index (χ2n) is 4.94. The largest absolute Gasteiger partial charge is 0.396 e. The number of aliphatic imine (C=N–C) groups is 1. The van der Waals surface area contributed by atoms with Crippen LogP contribution >= 0.6 is 24.0 Å². The van der Waals surface area contributed by atoms with E-state index >= 15 is 0 Å². The zero-order valence-corrected chi connectivity index (χ0v) is 16.4. The van der Waals surface area contributed by atoms with Gasteiger partial charge in [-0.3, -0.25) is 4.99 Å². The zero-order chi connectivity index (χ0) is 15.4. The Kier molecular flexibility index (Phi) is 15.0. The van der Waals surface area contributed by atoms with Gasteiger partial charge in [-0.05, 0) is 25.7 Å². The summed E-state index contributed by atoms with van der Waals surface area (Å²) in [6, 6.07) is 0. The maximum atomic E-state index is 11.1. The van der Waals surface area contributed by atoms with Crippen molar-refractivity contribution in [3.63, 3.8) is 0 Å². The van der Waals surface area contributed by atoms with Gasteiger partial charge >= 0.3 is 0 Å². The summed E-state index contributed by atoms with van der Waals surface area (Å²) in [5, 5.41) is 15.1. The Balaban J connectivity index is 0. The molecule has 0 fully saturated rings. The fraction of sp³-hybridized carbons (Fsp3) is 0.923. The van der Waals surface area contributed by atoms with E-state index in [0.29, 0.717) is 25.0 Å². The molecule has 0 amide bonds. The van der Waals surface area contributed by atoms with Crippen molar-refractivity contribution in [3.8, 4) is 0 Å². The highest BCUT2D eigenvalue weighted by Crippen LogP contribution is 2.10. The van der Waals surface area contributed by atoms with E-state index in [4.69, 9.17) is 5.11 Å².